The van der Waals surface area contributed by atoms with Crippen molar-refractivity contribution in [3.8, 4) is 16.9 Å². The van der Waals surface area contributed by atoms with E-state index in [9.17, 15) is 0 Å². The molecular weight excluding hydrogens is 340 g/mol. The van der Waals surface area contributed by atoms with E-state index in [1.54, 1.807) is 0 Å². The smallest absolute Gasteiger partial charge is 0.186 e. The monoisotopic (exact) mass is 364 g/mol. The van der Waals surface area contributed by atoms with Crippen molar-refractivity contribution in [3.63, 3.8) is 0 Å². The molecule has 0 fully saturated rings. The van der Waals surface area contributed by atoms with Gasteiger partial charge in [-0.25, -0.2) is 0 Å². The summed E-state index contributed by atoms with van der Waals surface area (Å²) >= 11 is 0. The van der Waals surface area contributed by atoms with Gasteiger partial charge in [0.05, 0.1) is 0 Å². The predicted molar refractivity (Wildman–Crippen MR) is 118 cm³/mol. The highest BCUT2D eigenvalue weighted by Crippen LogP contribution is 2.57. The molecule has 1 nitrogen and oxygen atoms in total. The summed E-state index contributed by atoms with van der Waals surface area (Å²) in [4.78, 5) is 0. The van der Waals surface area contributed by atoms with E-state index >= 15 is 0 Å². The van der Waals surface area contributed by atoms with E-state index < -0.39 is 5.60 Å². The molecule has 28 heavy (non-hydrogen) atoms. The van der Waals surface area contributed by atoms with Gasteiger partial charge in [-0.3, -0.25) is 0 Å². The number of para-hydroxylation sites is 1. The first-order chi connectivity index (χ1) is 13.8. The molecule has 0 saturated carbocycles. The number of allylic oxidation sites excluding steroid dienone is 2. The molecule has 0 saturated heterocycles. The second-order valence-electron chi connectivity index (χ2n) is 6.61. The van der Waals surface area contributed by atoms with Gasteiger partial charge in [0.15, 0.2) is 5.60 Å². The van der Waals surface area contributed by atoms with E-state index in [4.69, 9.17) is 4.74 Å². The fraction of sp³-hybridized carbons (Fsp3) is 0.111. The van der Waals surface area contributed by atoms with Crippen molar-refractivity contribution < 1.29 is 4.74 Å². The van der Waals surface area contributed by atoms with Gasteiger partial charge in [-0.2, -0.15) is 0 Å². The Labute approximate surface area is 167 Å². The third-order valence-corrected chi connectivity index (χ3v) is 5.42. The molecule has 2 aliphatic rings. The molecule has 1 unspecified atom stereocenters. The van der Waals surface area contributed by atoms with E-state index in [0.717, 1.165) is 39.1 Å². The molecule has 1 aliphatic heterocycles. The number of fused-ring (bicyclic) bond motifs is 6. The minimum absolute atomic E-state index is 0.688. The summed E-state index contributed by atoms with van der Waals surface area (Å²) in [5.41, 5.74) is 7.24. The van der Waals surface area contributed by atoms with Crippen LogP contribution in [0.4, 0.5) is 0 Å². The molecule has 1 atom stereocenters. The van der Waals surface area contributed by atoms with Gasteiger partial charge in [-0.1, -0.05) is 106 Å². The topological polar surface area (TPSA) is 9.23 Å². The Morgan fingerprint density at radius 3 is 1.86 bits per heavy atom. The first kappa shape index (κ1) is 18.1. The lowest BCUT2D eigenvalue weighted by Gasteiger charge is -2.40. The van der Waals surface area contributed by atoms with Gasteiger partial charge < -0.3 is 4.74 Å². The fourth-order valence-corrected chi connectivity index (χ4v) is 4.40. The summed E-state index contributed by atoms with van der Waals surface area (Å²) in [6, 6.07) is 25.2. The molecule has 138 valence electrons. The quantitative estimate of drug-likeness (QED) is 0.469. The zero-order valence-corrected chi connectivity index (χ0v) is 16.4. The average Bonchev–Trinajstić information content (AvgIpc) is 3.05. The van der Waals surface area contributed by atoms with Gasteiger partial charge in [0, 0.05) is 22.3 Å². The molecule has 1 aliphatic carbocycles. The second kappa shape index (κ2) is 7.01. The Kier molecular flexibility index (Phi) is 4.52. The first-order valence-corrected chi connectivity index (χ1v) is 9.78. The van der Waals surface area contributed by atoms with Crippen LogP contribution in [0.3, 0.4) is 0 Å². The minimum atomic E-state index is -0.688. The van der Waals surface area contributed by atoms with Crippen LogP contribution >= 0.6 is 0 Å². The molecule has 0 N–H and O–H groups in total. The first-order valence-electron chi connectivity index (χ1n) is 9.78. The largest absolute Gasteiger partial charge is 0.472 e. The SMILES string of the molecule is C=CC1=C(C=C)C2(Oc3ccccc3-c3ccccc32)c2ccccc21.CC. The van der Waals surface area contributed by atoms with Gasteiger partial charge in [-0.15, -0.1) is 0 Å². The van der Waals surface area contributed by atoms with Gasteiger partial charge >= 0.3 is 0 Å². The lowest BCUT2D eigenvalue weighted by atomic mass is 9.77. The maximum Gasteiger partial charge on any atom is 0.186 e. The van der Waals surface area contributed by atoms with Crippen molar-refractivity contribution in [1.82, 2.24) is 0 Å². The Hall–Kier alpha value is -3.32. The lowest BCUT2D eigenvalue weighted by Crippen LogP contribution is -2.37. The highest BCUT2D eigenvalue weighted by Gasteiger charge is 2.50. The number of ether oxygens (including phenoxy) is 1. The van der Waals surface area contributed by atoms with Crippen molar-refractivity contribution >= 4 is 5.57 Å². The lowest BCUT2D eigenvalue weighted by molar-refractivity contribution is 0.155. The Balaban J connectivity index is 0.000000932. The summed E-state index contributed by atoms with van der Waals surface area (Å²) in [5.74, 6) is 0.894. The summed E-state index contributed by atoms with van der Waals surface area (Å²) < 4.78 is 6.79. The van der Waals surface area contributed by atoms with Gasteiger partial charge in [0.1, 0.15) is 5.75 Å². The zero-order chi connectivity index (χ0) is 19.7. The number of rotatable bonds is 2. The second-order valence-corrected chi connectivity index (χ2v) is 6.61. The average molecular weight is 364 g/mol. The summed E-state index contributed by atoms with van der Waals surface area (Å²) in [6.07, 6.45) is 3.83. The molecular formula is C27H24O. The predicted octanol–water partition coefficient (Wildman–Crippen LogP) is 7.16. The molecule has 0 aromatic heterocycles. The van der Waals surface area contributed by atoms with Crippen LogP contribution in [0.1, 0.15) is 30.5 Å². The van der Waals surface area contributed by atoms with Gasteiger partial charge in [0.25, 0.3) is 0 Å². The number of hydrogen-bond donors (Lipinski definition) is 0. The molecule has 5 rings (SSSR count). The van der Waals surface area contributed by atoms with E-state index in [2.05, 4.69) is 73.8 Å². The van der Waals surface area contributed by atoms with Crippen LogP contribution in [0.5, 0.6) is 5.75 Å². The molecule has 0 radical (unpaired) electrons. The van der Waals surface area contributed by atoms with Crippen LogP contribution in [0.2, 0.25) is 0 Å². The molecule has 3 aromatic carbocycles. The Morgan fingerprint density at radius 1 is 0.679 bits per heavy atom. The Morgan fingerprint density at radius 2 is 1.21 bits per heavy atom. The fourth-order valence-electron chi connectivity index (χ4n) is 4.40. The third-order valence-electron chi connectivity index (χ3n) is 5.42. The molecule has 1 heterocycles. The minimum Gasteiger partial charge on any atom is -0.472 e. The normalized spacial score (nSPS) is 18.2. The van der Waals surface area contributed by atoms with Crippen molar-refractivity contribution in [2.24, 2.45) is 0 Å². The van der Waals surface area contributed by atoms with Crippen molar-refractivity contribution in [2.45, 2.75) is 19.4 Å². The molecule has 1 spiro atoms. The van der Waals surface area contributed by atoms with Crippen LogP contribution in [0.25, 0.3) is 16.7 Å². The van der Waals surface area contributed by atoms with Crippen molar-refractivity contribution in [3.05, 3.63) is 120 Å². The van der Waals surface area contributed by atoms with E-state index in [1.165, 1.54) is 5.56 Å². The van der Waals surface area contributed by atoms with Crippen LogP contribution in [-0.2, 0) is 5.60 Å². The highest BCUT2D eigenvalue weighted by molar-refractivity contribution is 5.91. The van der Waals surface area contributed by atoms with Crippen molar-refractivity contribution in [2.75, 3.05) is 0 Å². The standard InChI is InChI=1S/C25H18O.C2H6/c1-3-17-18-11-5-8-14-22(18)25(21(17)4-2)23-15-9-6-12-19(23)20-13-7-10-16-24(20)26-25;1-2/h3-16H,1-2H2;1-2H3. The number of benzene rings is 3. The Bertz CT molecular complexity index is 1100. The van der Waals surface area contributed by atoms with E-state index in [-0.39, 0.29) is 0 Å². The van der Waals surface area contributed by atoms with Crippen LogP contribution < -0.4 is 4.74 Å². The van der Waals surface area contributed by atoms with Crippen LogP contribution in [0, 0.1) is 0 Å². The molecule has 1 heteroatoms. The van der Waals surface area contributed by atoms with E-state index in [1.807, 2.05) is 38.1 Å². The summed E-state index contributed by atoms with van der Waals surface area (Å²) in [5, 5.41) is 0. The summed E-state index contributed by atoms with van der Waals surface area (Å²) in [6.45, 7) is 12.2. The zero-order valence-electron chi connectivity index (χ0n) is 16.4. The highest BCUT2D eigenvalue weighted by atomic mass is 16.5. The molecule has 3 aromatic rings. The van der Waals surface area contributed by atoms with E-state index in [0.29, 0.717) is 0 Å². The maximum absolute atomic E-state index is 6.79. The van der Waals surface area contributed by atoms with Gasteiger partial charge in [-0.05, 0) is 22.8 Å². The summed E-state index contributed by atoms with van der Waals surface area (Å²) in [7, 11) is 0. The molecule has 0 bridgehead atoms. The third kappa shape index (κ3) is 2.26. The van der Waals surface area contributed by atoms with Gasteiger partial charge in [0.2, 0.25) is 0 Å². The maximum atomic E-state index is 6.79. The van der Waals surface area contributed by atoms with Crippen LogP contribution in [-0.4, -0.2) is 0 Å². The van der Waals surface area contributed by atoms with Crippen molar-refractivity contribution in [1.29, 1.82) is 0 Å². The van der Waals surface area contributed by atoms with Crippen LogP contribution in [0.15, 0.2) is 104 Å². The number of hydrogen-bond acceptors (Lipinski definition) is 1. The molecule has 0 amide bonds.